The van der Waals surface area contributed by atoms with Crippen molar-refractivity contribution in [2.24, 2.45) is 10.2 Å². The van der Waals surface area contributed by atoms with Crippen LogP contribution in [0.1, 0.15) is 18.1 Å². The van der Waals surface area contributed by atoms with Gasteiger partial charge in [0.15, 0.2) is 10.9 Å². The minimum absolute atomic E-state index is 0.0160. The molecule has 1 atom stereocenters. The molecule has 0 aliphatic heterocycles. The number of benzene rings is 2. The lowest BCUT2D eigenvalue weighted by Crippen LogP contribution is -2.31. The van der Waals surface area contributed by atoms with Gasteiger partial charge in [-0.05, 0) is 68.3 Å². The minimum Gasteiger partial charge on any atom is -0.324 e. The van der Waals surface area contributed by atoms with E-state index in [1.54, 1.807) is 17.5 Å². The van der Waals surface area contributed by atoms with Gasteiger partial charge in [0.25, 0.3) is 15.9 Å². The van der Waals surface area contributed by atoms with Crippen LogP contribution < -0.4 is 10.0 Å². The smallest absolute Gasteiger partial charge is 0.263 e. The van der Waals surface area contributed by atoms with Crippen LogP contribution in [0.25, 0.3) is 0 Å². The zero-order valence-corrected chi connectivity index (χ0v) is 19.2. The second-order valence-electron chi connectivity index (χ2n) is 7.03. The van der Waals surface area contributed by atoms with Gasteiger partial charge in [0.1, 0.15) is 0 Å². The lowest BCUT2D eigenvalue weighted by molar-refractivity contribution is -0.126. The van der Waals surface area contributed by atoms with Gasteiger partial charge < -0.3 is 5.32 Å². The summed E-state index contributed by atoms with van der Waals surface area (Å²) >= 11 is 1.16. The zero-order chi connectivity index (χ0) is 23.3. The van der Waals surface area contributed by atoms with Gasteiger partial charge in [0, 0.05) is 17.3 Å². The Bertz CT molecular complexity index is 1230. The van der Waals surface area contributed by atoms with E-state index in [1.165, 1.54) is 37.4 Å². The van der Waals surface area contributed by atoms with Crippen LogP contribution in [0.4, 0.5) is 16.5 Å². The number of nitrogens with zero attached hydrogens (tertiary/aromatic N) is 3. The van der Waals surface area contributed by atoms with Crippen LogP contribution in [0.2, 0.25) is 0 Å². The number of hydrogen-bond donors (Lipinski definition) is 2. The number of nitrogens with one attached hydrogen (secondary N) is 2. The number of carbonyl (C=O) groups excluding carboxylic acids is 2. The molecule has 0 radical (unpaired) electrons. The fourth-order valence-electron chi connectivity index (χ4n) is 2.84. The van der Waals surface area contributed by atoms with Crippen LogP contribution in [-0.2, 0) is 19.6 Å². The Labute approximate surface area is 189 Å². The zero-order valence-electron chi connectivity index (χ0n) is 17.6. The maximum Gasteiger partial charge on any atom is 0.263 e. The number of hydrogen-bond acceptors (Lipinski definition) is 8. The van der Waals surface area contributed by atoms with Crippen molar-refractivity contribution in [3.8, 4) is 0 Å². The average molecular weight is 472 g/mol. The molecule has 0 bridgehead atoms. The molecule has 32 heavy (non-hydrogen) atoms. The molecule has 0 saturated heterocycles. The number of aryl methyl sites for hydroxylation is 2. The third-order valence-corrected chi connectivity index (χ3v) is 6.38. The van der Waals surface area contributed by atoms with Crippen molar-refractivity contribution >= 4 is 49.6 Å². The fraction of sp³-hybridized carbons (Fsp3) is 0.190. The van der Waals surface area contributed by atoms with Gasteiger partial charge in [-0.1, -0.05) is 6.07 Å². The molecular formula is C21H21N5O4S2. The van der Waals surface area contributed by atoms with E-state index in [0.717, 1.165) is 22.5 Å². The SMILES string of the molecule is CC(=O)[C@H](N=Nc1ccc(S(=O)(=O)Nc2nccs2)cc1)C(=O)Nc1cc(C)cc(C)c1. The first-order chi connectivity index (χ1) is 15.1. The van der Waals surface area contributed by atoms with Gasteiger partial charge in [-0.3, -0.25) is 14.3 Å². The number of thiazole rings is 1. The highest BCUT2D eigenvalue weighted by atomic mass is 32.2. The Balaban J connectivity index is 1.72. The highest BCUT2D eigenvalue weighted by Crippen LogP contribution is 2.21. The molecule has 0 spiro atoms. The van der Waals surface area contributed by atoms with Gasteiger partial charge in [-0.2, -0.15) is 10.2 Å². The predicted octanol–water partition coefficient (Wildman–Crippen LogP) is 4.24. The quantitative estimate of drug-likeness (QED) is 0.375. The number of ketones is 1. The average Bonchev–Trinajstić information content (AvgIpc) is 3.19. The van der Waals surface area contributed by atoms with Gasteiger partial charge in [0.05, 0.1) is 10.6 Å². The Morgan fingerprint density at radius 1 is 1.06 bits per heavy atom. The van der Waals surface area contributed by atoms with Crippen molar-refractivity contribution < 1.29 is 18.0 Å². The number of rotatable bonds is 8. The number of carbonyl (C=O) groups is 2. The van der Waals surface area contributed by atoms with E-state index in [2.05, 4.69) is 25.3 Å². The summed E-state index contributed by atoms with van der Waals surface area (Å²) in [5.74, 6) is -1.07. The van der Waals surface area contributed by atoms with E-state index in [1.807, 2.05) is 19.9 Å². The molecule has 9 nitrogen and oxygen atoms in total. The normalized spacial score (nSPS) is 12.5. The third kappa shape index (κ3) is 6.05. The fourth-order valence-corrected chi connectivity index (χ4v) is 4.63. The molecule has 11 heteroatoms. The first-order valence-electron chi connectivity index (χ1n) is 9.47. The molecule has 0 fully saturated rings. The lowest BCUT2D eigenvalue weighted by atomic mass is 10.1. The maximum absolute atomic E-state index is 12.6. The van der Waals surface area contributed by atoms with Crippen molar-refractivity contribution in [3.05, 3.63) is 65.2 Å². The Kier molecular flexibility index (Phi) is 7.11. The van der Waals surface area contributed by atoms with E-state index in [9.17, 15) is 18.0 Å². The number of Topliss-reactive ketones (excluding diaryl/α,β-unsaturated/α-hetero) is 1. The van der Waals surface area contributed by atoms with Gasteiger partial charge >= 0.3 is 0 Å². The molecule has 0 unspecified atom stereocenters. The van der Waals surface area contributed by atoms with Gasteiger partial charge in [-0.25, -0.2) is 13.4 Å². The van der Waals surface area contributed by atoms with Crippen LogP contribution in [0, 0.1) is 13.8 Å². The molecule has 0 aliphatic rings. The largest absolute Gasteiger partial charge is 0.324 e. The van der Waals surface area contributed by atoms with Crippen molar-refractivity contribution in [3.63, 3.8) is 0 Å². The number of amides is 1. The molecule has 0 aliphatic carbocycles. The van der Waals surface area contributed by atoms with Gasteiger partial charge in [-0.15, -0.1) is 11.3 Å². The predicted molar refractivity (Wildman–Crippen MR) is 123 cm³/mol. The maximum atomic E-state index is 12.6. The van der Waals surface area contributed by atoms with E-state index < -0.39 is 27.8 Å². The first kappa shape index (κ1) is 23.2. The summed E-state index contributed by atoms with van der Waals surface area (Å²) in [7, 11) is -3.79. The molecule has 1 amide bonds. The summed E-state index contributed by atoms with van der Waals surface area (Å²) in [4.78, 5) is 28.4. The molecular weight excluding hydrogens is 450 g/mol. The van der Waals surface area contributed by atoms with Crippen molar-refractivity contribution in [1.29, 1.82) is 0 Å². The molecule has 2 N–H and O–H groups in total. The summed E-state index contributed by atoms with van der Waals surface area (Å²) in [5, 5.41) is 12.4. The number of anilines is 2. The van der Waals surface area contributed by atoms with Crippen molar-refractivity contribution in [1.82, 2.24) is 4.98 Å². The summed E-state index contributed by atoms with van der Waals surface area (Å²) in [6.45, 7) is 5.06. The lowest BCUT2D eigenvalue weighted by Gasteiger charge is -2.11. The van der Waals surface area contributed by atoms with Gasteiger partial charge in [0.2, 0.25) is 6.04 Å². The summed E-state index contributed by atoms with van der Waals surface area (Å²) in [6.07, 6.45) is 1.49. The van der Waals surface area contributed by atoms with E-state index in [4.69, 9.17) is 0 Å². The van der Waals surface area contributed by atoms with E-state index in [-0.39, 0.29) is 10.0 Å². The highest BCUT2D eigenvalue weighted by molar-refractivity contribution is 7.93. The molecule has 1 heterocycles. The van der Waals surface area contributed by atoms with E-state index >= 15 is 0 Å². The Hall–Kier alpha value is -3.44. The van der Waals surface area contributed by atoms with Crippen LogP contribution in [0.3, 0.4) is 0 Å². The van der Waals surface area contributed by atoms with E-state index in [0.29, 0.717) is 11.4 Å². The third-order valence-electron chi connectivity index (χ3n) is 4.21. The van der Waals surface area contributed by atoms with Crippen molar-refractivity contribution in [2.75, 3.05) is 10.0 Å². The van der Waals surface area contributed by atoms with Crippen LogP contribution in [-0.4, -0.2) is 31.1 Å². The monoisotopic (exact) mass is 471 g/mol. The second kappa shape index (κ2) is 9.79. The second-order valence-corrected chi connectivity index (χ2v) is 9.61. The van der Waals surface area contributed by atoms with Crippen LogP contribution in [0.15, 0.2) is 69.2 Å². The summed E-state index contributed by atoms with van der Waals surface area (Å²) in [5.41, 5.74) is 2.81. The van der Waals surface area contributed by atoms with Crippen molar-refractivity contribution in [2.45, 2.75) is 31.7 Å². The number of azo groups is 1. The molecule has 1 aromatic heterocycles. The molecule has 166 valence electrons. The standard InChI is InChI=1S/C21H21N5O4S2/c1-13-10-14(2)12-17(11-13)23-20(28)19(15(3)27)25-24-16-4-6-18(7-5-16)32(29,30)26-21-22-8-9-31-21/h4-12,19H,1-3H3,(H,22,26)(H,23,28)/t19-/m0/s1. The summed E-state index contributed by atoms with van der Waals surface area (Å²) < 4.78 is 27.1. The van der Waals surface area contributed by atoms with Crippen LogP contribution in [0.5, 0.6) is 0 Å². The molecule has 0 saturated carbocycles. The molecule has 3 aromatic rings. The summed E-state index contributed by atoms with van der Waals surface area (Å²) in [6, 6.07) is 9.78. The topological polar surface area (TPSA) is 130 Å². The minimum atomic E-state index is -3.79. The Morgan fingerprint density at radius 2 is 1.72 bits per heavy atom. The number of sulfonamides is 1. The molecule has 3 rings (SSSR count). The molecule has 2 aromatic carbocycles. The first-order valence-corrected chi connectivity index (χ1v) is 11.8. The highest BCUT2D eigenvalue weighted by Gasteiger charge is 2.23. The van der Waals surface area contributed by atoms with Crippen LogP contribution >= 0.6 is 11.3 Å². The Morgan fingerprint density at radius 3 is 2.28 bits per heavy atom. The number of aromatic nitrogens is 1.